The largest absolute Gasteiger partial charge is 0.475 e. The van der Waals surface area contributed by atoms with Gasteiger partial charge in [0.15, 0.2) is 0 Å². The molecule has 19 heavy (non-hydrogen) atoms. The topological polar surface area (TPSA) is 51.5 Å². The Morgan fingerprint density at radius 1 is 1.42 bits per heavy atom. The van der Waals surface area contributed by atoms with Crippen LogP contribution in [0.1, 0.15) is 33.6 Å². The molecule has 2 aromatic rings. The van der Waals surface area contributed by atoms with E-state index in [-0.39, 0.29) is 0 Å². The summed E-state index contributed by atoms with van der Waals surface area (Å²) in [7, 11) is 0. The second-order valence-electron chi connectivity index (χ2n) is 5.05. The van der Waals surface area contributed by atoms with Gasteiger partial charge in [0.05, 0.1) is 12.8 Å². The van der Waals surface area contributed by atoms with Crippen molar-refractivity contribution < 1.29 is 4.74 Å². The lowest BCUT2D eigenvalue weighted by molar-refractivity contribution is 0.281. The molecule has 0 spiro atoms. The number of imidazole rings is 1. The zero-order valence-corrected chi connectivity index (χ0v) is 11.9. The third kappa shape index (κ3) is 3.59. The van der Waals surface area contributed by atoms with Crippen LogP contribution in [-0.4, -0.2) is 27.5 Å². The fourth-order valence-corrected chi connectivity index (χ4v) is 1.73. The van der Waals surface area contributed by atoms with Gasteiger partial charge in [0.2, 0.25) is 5.65 Å². The van der Waals surface area contributed by atoms with Crippen LogP contribution in [0.3, 0.4) is 0 Å². The number of anilines is 1. The SMILES string of the molecule is CCCNc1cn2ccnc2c(OCCC(C)C)n1. The standard InChI is InChI=1S/C14H22N4O/c1-4-6-15-12-10-18-8-7-16-13(18)14(17-12)19-9-5-11(2)3/h7-8,10-11,15H,4-6,9H2,1-3H3. The molecule has 5 heteroatoms. The Hall–Kier alpha value is -1.78. The van der Waals surface area contributed by atoms with E-state index >= 15 is 0 Å². The lowest BCUT2D eigenvalue weighted by atomic mass is 10.1. The minimum absolute atomic E-state index is 0.603. The van der Waals surface area contributed by atoms with Crippen LogP contribution in [0.25, 0.3) is 5.65 Å². The van der Waals surface area contributed by atoms with E-state index in [4.69, 9.17) is 4.74 Å². The first-order valence-electron chi connectivity index (χ1n) is 6.91. The summed E-state index contributed by atoms with van der Waals surface area (Å²) in [5.74, 6) is 2.05. The lowest BCUT2D eigenvalue weighted by Gasteiger charge is -2.11. The first kappa shape index (κ1) is 13.6. The van der Waals surface area contributed by atoms with Gasteiger partial charge in [-0.15, -0.1) is 0 Å². The molecular formula is C14H22N4O. The molecule has 104 valence electrons. The predicted molar refractivity (Wildman–Crippen MR) is 76.7 cm³/mol. The number of hydrogen-bond acceptors (Lipinski definition) is 4. The van der Waals surface area contributed by atoms with Gasteiger partial charge in [0.25, 0.3) is 5.88 Å². The molecule has 0 aromatic carbocycles. The van der Waals surface area contributed by atoms with Crippen LogP contribution in [0.2, 0.25) is 0 Å². The van der Waals surface area contributed by atoms with Gasteiger partial charge in [0, 0.05) is 18.9 Å². The minimum atomic E-state index is 0.603. The number of nitrogens with zero attached hydrogens (tertiary/aromatic N) is 3. The minimum Gasteiger partial charge on any atom is -0.475 e. The number of nitrogens with one attached hydrogen (secondary N) is 1. The first-order valence-corrected chi connectivity index (χ1v) is 6.91. The quantitative estimate of drug-likeness (QED) is 0.833. The molecule has 0 amide bonds. The van der Waals surface area contributed by atoms with E-state index in [0.29, 0.717) is 18.4 Å². The Morgan fingerprint density at radius 3 is 3.00 bits per heavy atom. The van der Waals surface area contributed by atoms with E-state index in [0.717, 1.165) is 30.9 Å². The van der Waals surface area contributed by atoms with Crippen molar-refractivity contribution in [2.45, 2.75) is 33.6 Å². The van der Waals surface area contributed by atoms with Gasteiger partial charge >= 0.3 is 0 Å². The van der Waals surface area contributed by atoms with Gasteiger partial charge in [-0.2, -0.15) is 4.98 Å². The molecule has 0 aliphatic heterocycles. The monoisotopic (exact) mass is 262 g/mol. The lowest BCUT2D eigenvalue weighted by Crippen LogP contribution is -2.08. The molecule has 0 saturated heterocycles. The molecule has 2 rings (SSSR count). The van der Waals surface area contributed by atoms with Crippen molar-refractivity contribution in [3.63, 3.8) is 0 Å². The Bertz CT molecular complexity index is 521. The van der Waals surface area contributed by atoms with E-state index < -0.39 is 0 Å². The van der Waals surface area contributed by atoms with Crippen molar-refractivity contribution in [1.82, 2.24) is 14.4 Å². The maximum absolute atomic E-state index is 5.77. The Kier molecular flexibility index (Phi) is 4.60. The zero-order chi connectivity index (χ0) is 13.7. The summed E-state index contributed by atoms with van der Waals surface area (Å²) in [5, 5.41) is 3.28. The smallest absolute Gasteiger partial charge is 0.260 e. The zero-order valence-electron chi connectivity index (χ0n) is 11.9. The van der Waals surface area contributed by atoms with Crippen molar-refractivity contribution in [3.8, 4) is 5.88 Å². The molecule has 0 bridgehead atoms. The molecule has 0 fully saturated rings. The summed E-state index contributed by atoms with van der Waals surface area (Å²) < 4.78 is 7.71. The highest BCUT2D eigenvalue weighted by Crippen LogP contribution is 2.19. The summed E-state index contributed by atoms with van der Waals surface area (Å²) in [6.07, 6.45) is 7.68. The van der Waals surface area contributed by atoms with Crippen molar-refractivity contribution in [1.29, 1.82) is 0 Å². The van der Waals surface area contributed by atoms with Crippen molar-refractivity contribution in [2.24, 2.45) is 5.92 Å². The highest BCUT2D eigenvalue weighted by molar-refractivity contribution is 5.53. The third-order valence-electron chi connectivity index (χ3n) is 2.83. The molecular weight excluding hydrogens is 240 g/mol. The van der Waals surface area contributed by atoms with Gasteiger partial charge in [-0.25, -0.2) is 4.98 Å². The summed E-state index contributed by atoms with van der Waals surface area (Å²) in [5.41, 5.74) is 0.769. The van der Waals surface area contributed by atoms with Gasteiger partial charge in [-0.1, -0.05) is 20.8 Å². The van der Waals surface area contributed by atoms with E-state index in [1.165, 1.54) is 0 Å². The van der Waals surface area contributed by atoms with Crippen molar-refractivity contribution >= 4 is 11.5 Å². The van der Waals surface area contributed by atoms with E-state index in [1.807, 2.05) is 16.8 Å². The van der Waals surface area contributed by atoms with Crippen LogP contribution in [0, 0.1) is 5.92 Å². The molecule has 2 heterocycles. The van der Waals surface area contributed by atoms with Gasteiger partial charge < -0.3 is 10.1 Å². The van der Waals surface area contributed by atoms with E-state index in [2.05, 4.69) is 36.1 Å². The molecule has 0 unspecified atom stereocenters. The second-order valence-corrected chi connectivity index (χ2v) is 5.05. The molecule has 1 N–H and O–H groups in total. The van der Waals surface area contributed by atoms with Gasteiger partial charge in [-0.05, 0) is 18.8 Å². The summed E-state index contributed by atoms with van der Waals surface area (Å²) >= 11 is 0. The maximum Gasteiger partial charge on any atom is 0.260 e. The van der Waals surface area contributed by atoms with Crippen LogP contribution in [-0.2, 0) is 0 Å². The van der Waals surface area contributed by atoms with Crippen LogP contribution in [0.5, 0.6) is 5.88 Å². The normalized spacial score (nSPS) is 11.2. The fraction of sp³-hybridized carbons (Fsp3) is 0.571. The van der Waals surface area contributed by atoms with Crippen LogP contribution < -0.4 is 10.1 Å². The average Bonchev–Trinajstić information content (AvgIpc) is 2.84. The molecule has 0 aliphatic rings. The first-order chi connectivity index (χ1) is 9.20. The molecule has 0 radical (unpaired) electrons. The molecule has 2 aromatic heterocycles. The highest BCUT2D eigenvalue weighted by atomic mass is 16.5. The summed E-state index contributed by atoms with van der Waals surface area (Å²) in [6, 6.07) is 0. The molecule has 0 atom stereocenters. The van der Waals surface area contributed by atoms with Crippen molar-refractivity contribution in [3.05, 3.63) is 18.6 Å². The highest BCUT2D eigenvalue weighted by Gasteiger charge is 2.08. The van der Waals surface area contributed by atoms with E-state index in [1.54, 1.807) is 6.20 Å². The number of rotatable bonds is 7. The summed E-state index contributed by atoms with van der Waals surface area (Å²) in [6.45, 7) is 8.06. The Labute approximate surface area is 114 Å². The average molecular weight is 262 g/mol. The van der Waals surface area contributed by atoms with E-state index in [9.17, 15) is 0 Å². The Morgan fingerprint density at radius 2 is 2.26 bits per heavy atom. The summed E-state index contributed by atoms with van der Waals surface area (Å²) in [4.78, 5) is 8.78. The number of aromatic nitrogens is 3. The van der Waals surface area contributed by atoms with Crippen molar-refractivity contribution in [2.75, 3.05) is 18.5 Å². The Balaban J connectivity index is 2.16. The maximum atomic E-state index is 5.77. The van der Waals surface area contributed by atoms with Crippen LogP contribution >= 0.6 is 0 Å². The third-order valence-corrected chi connectivity index (χ3v) is 2.83. The fourth-order valence-electron chi connectivity index (χ4n) is 1.73. The predicted octanol–water partition coefficient (Wildman–Crippen LogP) is 2.98. The van der Waals surface area contributed by atoms with Crippen LogP contribution in [0.4, 0.5) is 5.82 Å². The number of hydrogen-bond donors (Lipinski definition) is 1. The van der Waals surface area contributed by atoms with Crippen LogP contribution in [0.15, 0.2) is 18.6 Å². The molecule has 5 nitrogen and oxygen atoms in total. The second kappa shape index (κ2) is 6.41. The van der Waals surface area contributed by atoms with Gasteiger partial charge in [0.1, 0.15) is 5.82 Å². The number of ether oxygens (including phenoxy) is 1. The molecule has 0 saturated carbocycles. The number of fused-ring (bicyclic) bond motifs is 1. The molecule has 0 aliphatic carbocycles. The van der Waals surface area contributed by atoms with Gasteiger partial charge in [-0.3, -0.25) is 4.40 Å².